The van der Waals surface area contributed by atoms with E-state index in [2.05, 4.69) is 10.3 Å². The number of amides is 1. The molecule has 1 aromatic carbocycles. The number of nitrogens with one attached hydrogen (secondary N) is 1. The third-order valence-corrected chi connectivity index (χ3v) is 4.63. The van der Waals surface area contributed by atoms with Crippen LogP contribution in [0.15, 0.2) is 29.3 Å². The first kappa shape index (κ1) is 16.2. The molecule has 0 unspecified atom stereocenters. The van der Waals surface area contributed by atoms with Crippen LogP contribution < -0.4 is 10.9 Å². The molecule has 1 aliphatic rings. The molecule has 2 N–H and O–H groups in total. The first-order valence-corrected chi connectivity index (χ1v) is 7.92. The Bertz CT molecular complexity index is 868. The lowest BCUT2D eigenvalue weighted by Crippen LogP contribution is -2.59. The Balaban J connectivity index is 1.72. The molecule has 3 rings (SSSR count). The second-order valence-electron chi connectivity index (χ2n) is 6.25. The Kier molecular flexibility index (Phi) is 4.09. The van der Waals surface area contributed by atoms with E-state index in [0.29, 0.717) is 23.7 Å². The minimum atomic E-state index is -1.12. The zero-order chi connectivity index (χ0) is 17.3. The summed E-state index contributed by atoms with van der Waals surface area (Å²) in [4.78, 5) is 40.1. The number of rotatable bonds is 5. The van der Waals surface area contributed by atoms with Crippen LogP contribution in [0.4, 0.5) is 0 Å². The number of nitrogens with zero attached hydrogens (tertiary/aromatic N) is 2. The normalized spacial score (nSPS) is 15.7. The topological polar surface area (TPSA) is 101 Å². The molecule has 7 nitrogen and oxygen atoms in total. The van der Waals surface area contributed by atoms with Crippen LogP contribution in [0.5, 0.6) is 0 Å². The van der Waals surface area contributed by atoms with Gasteiger partial charge in [0.25, 0.3) is 5.56 Å². The van der Waals surface area contributed by atoms with Gasteiger partial charge < -0.3 is 10.4 Å². The van der Waals surface area contributed by atoms with Crippen LogP contribution in [0.25, 0.3) is 10.9 Å². The van der Waals surface area contributed by atoms with E-state index in [4.69, 9.17) is 0 Å². The van der Waals surface area contributed by atoms with Crippen LogP contribution in [0.3, 0.4) is 0 Å². The quantitative estimate of drug-likeness (QED) is 0.859. The van der Waals surface area contributed by atoms with E-state index in [1.54, 1.807) is 12.1 Å². The van der Waals surface area contributed by atoms with Gasteiger partial charge in [-0.15, -0.1) is 0 Å². The number of aryl methyl sites for hydroxylation is 2. The maximum absolute atomic E-state index is 12.5. The van der Waals surface area contributed by atoms with E-state index in [1.165, 1.54) is 10.9 Å². The molecule has 1 heterocycles. The summed E-state index contributed by atoms with van der Waals surface area (Å²) < 4.78 is 1.38. The van der Waals surface area contributed by atoms with Crippen molar-refractivity contribution in [1.29, 1.82) is 0 Å². The predicted molar refractivity (Wildman–Crippen MR) is 87.7 cm³/mol. The van der Waals surface area contributed by atoms with E-state index in [1.807, 2.05) is 13.0 Å². The van der Waals surface area contributed by atoms with Crippen molar-refractivity contribution in [2.24, 2.45) is 0 Å². The smallest absolute Gasteiger partial charge is 0.329 e. The number of fused-ring (bicyclic) bond motifs is 1. The fraction of sp³-hybridized carbons (Fsp3) is 0.412. The molecule has 0 saturated heterocycles. The van der Waals surface area contributed by atoms with Crippen molar-refractivity contribution in [3.63, 3.8) is 0 Å². The molecule has 1 saturated carbocycles. The number of carbonyl (C=O) groups is 2. The molecule has 0 bridgehead atoms. The summed E-state index contributed by atoms with van der Waals surface area (Å²) in [5.41, 5.74) is 0.249. The maximum Gasteiger partial charge on any atom is 0.329 e. The van der Waals surface area contributed by atoms with Gasteiger partial charge in [-0.1, -0.05) is 12.1 Å². The molecule has 1 aliphatic carbocycles. The van der Waals surface area contributed by atoms with Gasteiger partial charge in [0.15, 0.2) is 0 Å². The van der Waals surface area contributed by atoms with Crippen LogP contribution in [-0.4, -0.2) is 32.1 Å². The predicted octanol–water partition coefficient (Wildman–Crippen LogP) is 1.22. The van der Waals surface area contributed by atoms with Crippen LogP contribution in [0, 0.1) is 6.92 Å². The molecule has 1 amide bonds. The van der Waals surface area contributed by atoms with Gasteiger partial charge in [-0.25, -0.2) is 9.78 Å². The average molecular weight is 329 g/mol. The highest BCUT2D eigenvalue weighted by atomic mass is 16.4. The van der Waals surface area contributed by atoms with Gasteiger partial charge in [0.05, 0.1) is 17.2 Å². The summed E-state index contributed by atoms with van der Waals surface area (Å²) in [5, 5.41) is 12.3. The first-order valence-electron chi connectivity index (χ1n) is 7.92. The minimum absolute atomic E-state index is 0.0357. The molecule has 1 fully saturated rings. The van der Waals surface area contributed by atoms with E-state index in [9.17, 15) is 19.5 Å². The number of hydrogen-bond acceptors (Lipinski definition) is 4. The summed E-state index contributed by atoms with van der Waals surface area (Å²) in [6.45, 7) is 2.05. The summed E-state index contributed by atoms with van der Waals surface area (Å²) in [5.74, 6) is -1.37. The van der Waals surface area contributed by atoms with E-state index in [-0.39, 0.29) is 24.4 Å². The molecule has 0 spiro atoms. The van der Waals surface area contributed by atoms with E-state index in [0.717, 1.165) is 12.0 Å². The summed E-state index contributed by atoms with van der Waals surface area (Å²) in [6, 6.07) is 5.39. The number of carbonyl (C=O) groups excluding carboxylic acids is 1. The van der Waals surface area contributed by atoms with Crippen LogP contribution in [-0.2, 0) is 16.1 Å². The van der Waals surface area contributed by atoms with Gasteiger partial charge in [0.1, 0.15) is 5.54 Å². The molecular formula is C17H19N3O4. The summed E-state index contributed by atoms with van der Waals surface area (Å²) in [6.07, 6.45) is 3.16. The van der Waals surface area contributed by atoms with Crippen LogP contribution in [0.2, 0.25) is 0 Å². The highest BCUT2D eigenvalue weighted by Crippen LogP contribution is 2.32. The number of aliphatic carboxylic acids is 1. The standard InChI is InChI=1S/C17H19N3O4/c1-11-4-2-5-12-14(11)18-10-20(15(12)22)9-6-13(21)19-17(16(23)24)7-3-8-17/h2,4-5,10H,3,6-9H2,1H3,(H,19,21)(H,23,24). The number of carboxylic acids is 1. The second kappa shape index (κ2) is 6.07. The fourth-order valence-electron chi connectivity index (χ4n) is 2.97. The van der Waals surface area contributed by atoms with Crippen LogP contribution >= 0.6 is 0 Å². The summed E-state index contributed by atoms with van der Waals surface area (Å²) >= 11 is 0. The third kappa shape index (κ3) is 2.77. The molecular weight excluding hydrogens is 310 g/mol. The molecule has 7 heteroatoms. The second-order valence-corrected chi connectivity index (χ2v) is 6.25. The zero-order valence-corrected chi connectivity index (χ0v) is 13.4. The van der Waals surface area contributed by atoms with Gasteiger partial charge in [0.2, 0.25) is 5.91 Å². The minimum Gasteiger partial charge on any atom is -0.480 e. The van der Waals surface area contributed by atoms with Gasteiger partial charge in [0, 0.05) is 13.0 Å². The van der Waals surface area contributed by atoms with Crippen molar-refractivity contribution in [1.82, 2.24) is 14.9 Å². The molecule has 24 heavy (non-hydrogen) atoms. The van der Waals surface area contributed by atoms with Gasteiger partial charge in [-0.05, 0) is 37.8 Å². The number of para-hydroxylation sites is 1. The van der Waals surface area contributed by atoms with Gasteiger partial charge in [-0.3, -0.25) is 14.2 Å². The Morgan fingerprint density at radius 2 is 2.12 bits per heavy atom. The maximum atomic E-state index is 12.5. The lowest BCUT2D eigenvalue weighted by Gasteiger charge is -2.38. The Morgan fingerprint density at radius 3 is 2.75 bits per heavy atom. The van der Waals surface area contributed by atoms with Crippen molar-refractivity contribution in [3.8, 4) is 0 Å². The highest BCUT2D eigenvalue weighted by Gasteiger charge is 2.45. The fourth-order valence-corrected chi connectivity index (χ4v) is 2.97. The lowest BCUT2D eigenvalue weighted by atomic mass is 9.76. The largest absolute Gasteiger partial charge is 0.480 e. The van der Waals surface area contributed by atoms with Crippen molar-refractivity contribution >= 4 is 22.8 Å². The van der Waals surface area contributed by atoms with Crippen molar-refractivity contribution in [2.75, 3.05) is 0 Å². The van der Waals surface area contributed by atoms with E-state index < -0.39 is 11.5 Å². The number of hydrogen-bond donors (Lipinski definition) is 2. The number of benzene rings is 1. The molecule has 0 radical (unpaired) electrons. The van der Waals surface area contributed by atoms with Crippen LogP contribution in [0.1, 0.15) is 31.2 Å². The molecule has 0 atom stereocenters. The van der Waals surface area contributed by atoms with Gasteiger partial charge in [-0.2, -0.15) is 0 Å². The number of aromatic nitrogens is 2. The molecule has 126 valence electrons. The lowest BCUT2D eigenvalue weighted by molar-refractivity contribution is -0.151. The van der Waals surface area contributed by atoms with E-state index >= 15 is 0 Å². The van der Waals surface area contributed by atoms with Crippen molar-refractivity contribution in [2.45, 2.75) is 44.7 Å². The van der Waals surface area contributed by atoms with Gasteiger partial charge >= 0.3 is 5.97 Å². The first-order chi connectivity index (χ1) is 11.4. The van der Waals surface area contributed by atoms with Crippen molar-refractivity contribution in [3.05, 3.63) is 40.4 Å². The highest BCUT2D eigenvalue weighted by molar-refractivity contribution is 5.87. The third-order valence-electron chi connectivity index (χ3n) is 4.63. The number of carboxylic acid groups (broad SMARTS) is 1. The Morgan fingerprint density at radius 1 is 1.38 bits per heavy atom. The Hall–Kier alpha value is -2.70. The van der Waals surface area contributed by atoms with Crippen molar-refractivity contribution < 1.29 is 14.7 Å². The SMILES string of the molecule is Cc1cccc2c(=O)n(CCC(=O)NC3(C(=O)O)CCC3)cnc12. The molecule has 1 aromatic heterocycles. The Labute approximate surface area is 138 Å². The zero-order valence-electron chi connectivity index (χ0n) is 13.4. The summed E-state index contributed by atoms with van der Waals surface area (Å²) in [7, 11) is 0. The monoisotopic (exact) mass is 329 g/mol. The molecule has 2 aromatic rings. The average Bonchev–Trinajstić information content (AvgIpc) is 2.50. The molecule has 0 aliphatic heterocycles.